The number of aryl methyl sites for hydroxylation is 1. The van der Waals surface area contributed by atoms with E-state index in [0.29, 0.717) is 17.8 Å². The van der Waals surface area contributed by atoms with Gasteiger partial charge in [0.15, 0.2) is 0 Å². The number of carbonyl (C=O) groups is 1. The lowest BCUT2D eigenvalue weighted by molar-refractivity contribution is 0.249. The first-order valence-corrected chi connectivity index (χ1v) is 7.89. The first-order chi connectivity index (χ1) is 12.0. The number of hydrogen-bond donors (Lipinski definition) is 3. The summed E-state index contributed by atoms with van der Waals surface area (Å²) in [4.78, 5) is 12.1. The summed E-state index contributed by atoms with van der Waals surface area (Å²) < 4.78 is 15.1. The smallest absolute Gasteiger partial charge is 0.319 e. The lowest BCUT2D eigenvalue weighted by Gasteiger charge is -2.12. The number of carbonyl (C=O) groups excluding carboxylic acids is 1. The number of aromatic amines is 1. The monoisotopic (exact) mass is 342 g/mol. The van der Waals surface area contributed by atoms with E-state index >= 15 is 0 Å². The van der Waals surface area contributed by atoms with Gasteiger partial charge in [0.25, 0.3) is 0 Å². The van der Waals surface area contributed by atoms with E-state index in [-0.39, 0.29) is 17.9 Å². The molecule has 3 rings (SSSR count). The van der Waals surface area contributed by atoms with E-state index in [9.17, 15) is 9.18 Å². The predicted molar refractivity (Wildman–Crippen MR) is 92.2 cm³/mol. The molecule has 8 heteroatoms. The molecule has 7 nitrogen and oxygen atoms in total. The Labute approximate surface area is 144 Å². The van der Waals surface area contributed by atoms with Gasteiger partial charge in [-0.25, -0.2) is 13.9 Å². The zero-order chi connectivity index (χ0) is 17.8. The van der Waals surface area contributed by atoms with Crippen molar-refractivity contribution < 1.29 is 9.18 Å². The molecule has 2 heterocycles. The average Bonchev–Trinajstić information content (AvgIpc) is 3.16. The van der Waals surface area contributed by atoms with Crippen LogP contribution in [0.5, 0.6) is 0 Å². The number of nitrogens with zero attached hydrogens (tertiary/aromatic N) is 3. The summed E-state index contributed by atoms with van der Waals surface area (Å²) in [6.07, 6.45) is 3.64. The van der Waals surface area contributed by atoms with E-state index in [0.717, 1.165) is 11.4 Å². The topological polar surface area (TPSA) is 87.6 Å². The van der Waals surface area contributed by atoms with Gasteiger partial charge in [-0.1, -0.05) is 12.1 Å². The molecule has 0 saturated carbocycles. The largest absolute Gasteiger partial charge is 0.335 e. The highest BCUT2D eigenvalue weighted by atomic mass is 19.1. The summed E-state index contributed by atoms with van der Waals surface area (Å²) in [6, 6.07) is 7.79. The molecule has 0 radical (unpaired) electrons. The lowest BCUT2D eigenvalue weighted by Crippen LogP contribution is -2.37. The molecule has 0 bridgehead atoms. The Balaban J connectivity index is 1.57. The van der Waals surface area contributed by atoms with Gasteiger partial charge in [-0.15, -0.1) is 0 Å². The van der Waals surface area contributed by atoms with Crippen molar-refractivity contribution in [2.24, 2.45) is 0 Å². The fraction of sp³-hybridized carbons (Fsp3) is 0.235. The predicted octanol–water partition coefficient (Wildman–Crippen LogP) is 2.80. The Morgan fingerprint density at radius 2 is 2.20 bits per heavy atom. The van der Waals surface area contributed by atoms with Crippen molar-refractivity contribution in [3.8, 4) is 5.69 Å². The average molecular weight is 342 g/mol. The summed E-state index contributed by atoms with van der Waals surface area (Å²) in [6.45, 7) is 3.82. The Morgan fingerprint density at radius 1 is 1.40 bits per heavy atom. The first kappa shape index (κ1) is 16.7. The molecule has 1 unspecified atom stereocenters. The third-order valence-corrected chi connectivity index (χ3v) is 3.59. The number of urea groups is 1. The van der Waals surface area contributed by atoms with Crippen molar-refractivity contribution in [3.05, 3.63) is 59.9 Å². The summed E-state index contributed by atoms with van der Waals surface area (Å²) >= 11 is 0. The maximum atomic E-state index is 13.8. The van der Waals surface area contributed by atoms with Crippen LogP contribution in [0.25, 0.3) is 5.69 Å². The number of aromatic nitrogens is 4. The van der Waals surface area contributed by atoms with Crippen molar-refractivity contribution in [2.45, 2.75) is 26.3 Å². The second-order valence-corrected chi connectivity index (χ2v) is 5.87. The van der Waals surface area contributed by atoms with Gasteiger partial charge in [-0.2, -0.15) is 10.2 Å². The zero-order valence-corrected chi connectivity index (χ0v) is 14.0. The summed E-state index contributed by atoms with van der Waals surface area (Å²) in [7, 11) is 0. The molecule has 130 valence electrons. The third kappa shape index (κ3) is 4.23. The second kappa shape index (κ2) is 7.16. The van der Waals surface area contributed by atoms with E-state index in [4.69, 9.17) is 0 Å². The maximum absolute atomic E-state index is 13.8. The molecule has 3 aromatic rings. The number of halogens is 1. The fourth-order valence-electron chi connectivity index (χ4n) is 2.49. The minimum atomic E-state index is -0.385. The van der Waals surface area contributed by atoms with Crippen LogP contribution in [0.3, 0.4) is 0 Å². The Morgan fingerprint density at radius 3 is 2.92 bits per heavy atom. The molecule has 1 aromatic carbocycles. The van der Waals surface area contributed by atoms with Crippen LogP contribution in [-0.4, -0.2) is 32.1 Å². The summed E-state index contributed by atoms with van der Waals surface area (Å²) in [5.74, 6) is -0.385. The van der Waals surface area contributed by atoms with Crippen molar-refractivity contribution in [1.82, 2.24) is 25.3 Å². The van der Waals surface area contributed by atoms with Crippen LogP contribution in [0, 0.1) is 12.7 Å². The fourth-order valence-corrected chi connectivity index (χ4v) is 2.49. The second-order valence-electron chi connectivity index (χ2n) is 5.87. The van der Waals surface area contributed by atoms with E-state index in [1.807, 2.05) is 19.9 Å². The molecule has 2 amide bonds. The number of nitrogens with one attached hydrogen (secondary N) is 3. The molecule has 1 atom stereocenters. The molecule has 0 fully saturated rings. The van der Waals surface area contributed by atoms with Gasteiger partial charge in [-0.3, -0.25) is 5.10 Å². The van der Waals surface area contributed by atoms with Crippen LogP contribution in [0.4, 0.5) is 14.9 Å². The van der Waals surface area contributed by atoms with Gasteiger partial charge in [0, 0.05) is 18.2 Å². The van der Waals surface area contributed by atoms with Crippen molar-refractivity contribution in [3.63, 3.8) is 0 Å². The van der Waals surface area contributed by atoms with Crippen LogP contribution >= 0.6 is 0 Å². The Kier molecular flexibility index (Phi) is 4.78. The van der Waals surface area contributed by atoms with Crippen LogP contribution < -0.4 is 10.6 Å². The number of hydrogen-bond acceptors (Lipinski definition) is 3. The van der Waals surface area contributed by atoms with E-state index in [2.05, 4.69) is 25.9 Å². The van der Waals surface area contributed by atoms with Crippen LogP contribution in [0.15, 0.2) is 42.7 Å². The van der Waals surface area contributed by atoms with Gasteiger partial charge in [0.1, 0.15) is 11.5 Å². The normalized spacial score (nSPS) is 12.0. The van der Waals surface area contributed by atoms with Crippen LogP contribution in [0.1, 0.15) is 18.3 Å². The van der Waals surface area contributed by atoms with Crippen LogP contribution in [0.2, 0.25) is 0 Å². The maximum Gasteiger partial charge on any atom is 0.319 e. The lowest BCUT2D eigenvalue weighted by atomic mass is 10.2. The number of anilines is 1. The first-order valence-electron chi connectivity index (χ1n) is 7.89. The zero-order valence-electron chi connectivity index (χ0n) is 14.0. The van der Waals surface area contributed by atoms with Gasteiger partial charge < -0.3 is 10.6 Å². The molecule has 0 saturated heterocycles. The van der Waals surface area contributed by atoms with Gasteiger partial charge in [0.2, 0.25) is 0 Å². The van der Waals surface area contributed by atoms with E-state index < -0.39 is 0 Å². The highest BCUT2D eigenvalue weighted by Gasteiger charge is 2.12. The molecule has 0 aliphatic carbocycles. The highest BCUT2D eigenvalue weighted by Crippen LogP contribution is 2.14. The third-order valence-electron chi connectivity index (χ3n) is 3.59. The minimum Gasteiger partial charge on any atom is -0.335 e. The summed E-state index contributed by atoms with van der Waals surface area (Å²) in [5, 5.41) is 16.6. The Hall–Kier alpha value is -3.16. The number of rotatable bonds is 5. The van der Waals surface area contributed by atoms with Crippen molar-refractivity contribution in [2.75, 3.05) is 5.32 Å². The minimum absolute atomic E-state index is 0.0932. The Bertz CT molecular complexity index is 871. The van der Waals surface area contributed by atoms with Crippen molar-refractivity contribution in [1.29, 1.82) is 0 Å². The molecule has 0 spiro atoms. The number of amides is 2. The molecule has 2 aromatic heterocycles. The van der Waals surface area contributed by atoms with Gasteiger partial charge >= 0.3 is 6.03 Å². The molecular weight excluding hydrogens is 323 g/mol. The summed E-state index contributed by atoms with van der Waals surface area (Å²) in [5.41, 5.74) is 2.66. The van der Waals surface area contributed by atoms with E-state index in [1.165, 1.54) is 16.9 Å². The number of para-hydroxylation sites is 1. The van der Waals surface area contributed by atoms with Crippen LogP contribution in [-0.2, 0) is 6.42 Å². The highest BCUT2D eigenvalue weighted by molar-refractivity contribution is 5.89. The SMILES string of the molecule is Cc1cc(CC(C)NC(=O)Nc2cnn(-c3ccccc3F)c2)n[nH]1. The number of benzene rings is 1. The van der Waals surface area contributed by atoms with Gasteiger partial charge in [-0.05, 0) is 32.0 Å². The van der Waals surface area contributed by atoms with Crippen molar-refractivity contribution >= 4 is 11.7 Å². The number of H-pyrrole nitrogens is 1. The van der Waals surface area contributed by atoms with Gasteiger partial charge in [0.05, 0.1) is 23.8 Å². The molecule has 3 N–H and O–H groups in total. The standard InChI is InChI=1S/C17H19FN6O/c1-11(7-13-8-12(2)22-23-13)20-17(25)21-14-9-19-24(10-14)16-6-4-3-5-15(16)18/h3-6,8-11H,7H2,1-2H3,(H,22,23)(H2,20,21,25). The molecule has 0 aliphatic heterocycles. The molecular formula is C17H19FN6O. The quantitative estimate of drug-likeness (QED) is 0.666. The molecule has 0 aliphatic rings. The van der Waals surface area contributed by atoms with E-state index in [1.54, 1.807) is 24.4 Å². The molecule has 25 heavy (non-hydrogen) atoms.